The molecule has 1 aliphatic rings. The third-order valence-electron chi connectivity index (χ3n) is 4.00. The Kier molecular flexibility index (Phi) is 5.86. The first-order chi connectivity index (χ1) is 9.33. The Labute approximate surface area is 117 Å². The zero-order valence-corrected chi connectivity index (χ0v) is 12.4. The number of rotatable bonds is 7. The van der Waals surface area contributed by atoms with Crippen LogP contribution in [0.2, 0.25) is 0 Å². The van der Waals surface area contributed by atoms with Gasteiger partial charge in [0.25, 0.3) is 0 Å². The van der Waals surface area contributed by atoms with E-state index in [0.717, 1.165) is 32.1 Å². The third kappa shape index (κ3) is 4.32. The molecule has 0 aliphatic carbocycles. The SMILES string of the molecule is CCCn1cc(CN2CCCCC2CCNC)cn1. The molecule has 0 radical (unpaired) electrons. The highest BCUT2D eigenvalue weighted by molar-refractivity contribution is 5.04. The van der Waals surface area contributed by atoms with Crippen LogP contribution in [0.5, 0.6) is 0 Å². The molecule has 1 saturated heterocycles. The van der Waals surface area contributed by atoms with E-state index in [2.05, 4.69) is 33.1 Å². The maximum atomic E-state index is 4.44. The highest BCUT2D eigenvalue weighted by Gasteiger charge is 2.22. The average Bonchev–Trinajstić information content (AvgIpc) is 2.86. The van der Waals surface area contributed by atoms with Crippen LogP contribution in [0.3, 0.4) is 0 Å². The molecular formula is C15H28N4. The van der Waals surface area contributed by atoms with E-state index in [0.29, 0.717) is 0 Å². The van der Waals surface area contributed by atoms with Crippen LogP contribution in [-0.2, 0) is 13.1 Å². The number of aromatic nitrogens is 2. The highest BCUT2D eigenvalue weighted by Crippen LogP contribution is 2.21. The van der Waals surface area contributed by atoms with Gasteiger partial charge in [0.1, 0.15) is 0 Å². The number of likely N-dealkylation sites (tertiary alicyclic amines) is 1. The fourth-order valence-corrected chi connectivity index (χ4v) is 2.98. The van der Waals surface area contributed by atoms with Crippen LogP contribution < -0.4 is 5.32 Å². The van der Waals surface area contributed by atoms with Crippen molar-refractivity contribution in [3.63, 3.8) is 0 Å². The Morgan fingerprint density at radius 3 is 3.11 bits per heavy atom. The molecule has 4 heteroatoms. The van der Waals surface area contributed by atoms with Crippen molar-refractivity contribution in [3.05, 3.63) is 18.0 Å². The van der Waals surface area contributed by atoms with Crippen molar-refractivity contribution in [2.45, 2.75) is 58.2 Å². The minimum atomic E-state index is 0.746. The number of piperidine rings is 1. The monoisotopic (exact) mass is 264 g/mol. The van der Waals surface area contributed by atoms with Crippen LogP contribution in [0.4, 0.5) is 0 Å². The molecule has 0 spiro atoms. The van der Waals surface area contributed by atoms with Gasteiger partial charge in [-0.1, -0.05) is 13.3 Å². The molecule has 1 N–H and O–H groups in total. The second-order valence-electron chi connectivity index (χ2n) is 5.62. The zero-order valence-electron chi connectivity index (χ0n) is 12.4. The van der Waals surface area contributed by atoms with E-state index in [1.165, 1.54) is 37.8 Å². The molecule has 1 unspecified atom stereocenters. The lowest BCUT2D eigenvalue weighted by Gasteiger charge is -2.35. The molecule has 1 aromatic heterocycles. The molecule has 1 aromatic rings. The minimum absolute atomic E-state index is 0.746. The zero-order chi connectivity index (χ0) is 13.5. The maximum absolute atomic E-state index is 4.44. The van der Waals surface area contributed by atoms with E-state index in [-0.39, 0.29) is 0 Å². The fourth-order valence-electron chi connectivity index (χ4n) is 2.98. The molecule has 0 amide bonds. The number of hydrogen-bond acceptors (Lipinski definition) is 3. The van der Waals surface area contributed by atoms with Crippen molar-refractivity contribution in [1.82, 2.24) is 20.0 Å². The van der Waals surface area contributed by atoms with Gasteiger partial charge < -0.3 is 5.32 Å². The summed E-state index contributed by atoms with van der Waals surface area (Å²) in [6.45, 7) is 6.66. The van der Waals surface area contributed by atoms with Gasteiger partial charge >= 0.3 is 0 Å². The Balaban J connectivity index is 1.90. The first kappa shape index (κ1) is 14.5. The van der Waals surface area contributed by atoms with Crippen LogP contribution in [0.25, 0.3) is 0 Å². The van der Waals surface area contributed by atoms with Crippen LogP contribution in [0, 0.1) is 0 Å². The van der Waals surface area contributed by atoms with Crippen molar-refractivity contribution in [1.29, 1.82) is 0 Å². The number of nitrogens with one attached hydrogen (secondary N) is 1. The molecule has 1 aliphatic heterocycles. The Morgan fingerprint density at radius 1 is 1.42 bits per heavy atom. The molecule has 0 aromatic carbocycles. The lowest BCUT2D eigenvalue weighted by atomic mass is 9.99. The summed E-state index contributed by atoms with van der Waals surface area (Å²) < 4.78 is 2.07. The molecule has 19 heavy (non-hydrogen) atoms. The number of aryl methyl sites for hydroxylation is 1. The van der Waals surface area contributed by atoms with Crippen molar-refractivity contribution in [2.75, 3.05) is 20.1 Å². The molecule has 1 atom stereocenters. The Bertz CT molecular complexity index is 361. The lowest BCUT2D eigenvalue weighted by molar-refractivity contribution is 0.132. The fraction of sp³-hybridized carbons (Fsp3) is 0.800. The maximum Gasteiger partial charge on any atom is 0.0534 e. The quantitative estimate of drug-likeness (QED) is 0.820. The second-order valence-corrected chi connectivity index (χ2v) is 5.62. The van der Waals surface area contributed by atoms with Gasteiger partial charge in [0.2, 0.25) is 0 Å². The van der Waals surface area contributed by atoms with Crippen LogP contribution in [0.15, 0.2) is 12.4 Å². The van der Waals surface area contributed by atoms with Crippen molar-refractivity contribution in [2.24, 2.45) is 0 Å². The van der Waals surface area contributed by atoms with Gasteiger partial charge in [-0.25, -0.2) is 0 Å². The average molecular weight is 264 g/mol. The molecule has 108 valence electrons. The second kappa shape index (κ2) is 7.65. The first-order valence-corrected chi connectivity index (χ1v) is 7.73. The Hall–Kier alpha value is -0.870. The van der Waals surface area contributed by atoms with E-state index < -0.39 is 0 Å². The molecule has 1 fully saturated rings. The van der Waals surface area contributed by atoms with E-state index in [4.69, 9.17) is 0 Å². The minimum Gasteiger partial charge on any atom is -0.320 e. The van der Waals surface area contributed by atoms with Crippen LogP contribution in [-0.4, -0.2) is 40.9 Å². The number of hydrogen-bond donors (Lipinski definition) is 1. The van der Waals surface area contributed by atoms with Crippen LogP contribution in [0.1, 0.15) is 44.6 Å². The van der Waals surface area contributed by atoms with Gasteiger partial charge in [-0.2, -0.15) is 5.10 Å². The van der Waals surface area contributed by atoms with Gasteiger partial charge in [0, 0.05) is 30.9 Å². The molecule has 0 bridgehead atoms. The molecule has 2 heterocycles. The van der Waals surface area contributed by atoms with Gasteiger partial charge in [-0.3, -0.25) is 9.58 Å². The molecule has 2 rings (SSSR count). The summed E-state index contributed by atoms with van der Waals surface area (Å²) in [4.78, 5) is 2.65. The smallest absolute Gasteiger partial charge is 0.0534 e. The Morgan fingerprint density at radius 2 is 2.32 bits per heavy atom. The molecule has 4 nitrogen and oxygen atoms in total. The van der Waals surface area contributed by atoms with Crippen molar-refractivity contribution in [3.8, 4) is 0 Å². The van der Waals surface area contributed by atoms with Crippen molar-refractivity contribution >= 4 is 0 Å². The van der Waals surface area contributed by atoms with Gasteiger partial charge in [-0.05, 0) is 45.8 Å². The highest BCUT2D eigenvalue weighted by atomic mass is 15.3. The largest absolute Gasteiger partial charge is 0.320 e. The summed E-state index contributed by atoms with van der Waals surface area (Å²) in [6, 6.07) is 0.746. The van der Waals surface area contributed by atoms with E-state index >= 15 is 0 Å². The summed E-state index contributed by atoms with van der Waals surface area (Å²) >= 11 is 0. The third-order valence-corrected chi connectivity index (χ3v) is 4.00. The summed E-state index contributed by atoms with van der Waals surface area (Å²) in [5.41, 5.74) is 1.37. The molecular weight excluding hydrogens is 236 g/mol. The van der Waals surface area contributed by atoms with Crippen LogP contribution >= 0.6 is 0 Å². The summed E-state index contributed by atoms with van der Waals surface area (Å²) in [5, 5.41) is 7.71. The molecule has 0 saturated carbocycles. The first-order valence-electron chi connectivity index (χ1n) is 7.73. The lowest BCUT2D eigenvalue weighted by Crippen LogP contribution is -2.40. The topological polar surface area (TPSA) is 33.1 Å². The van der Waals surface area contributed by atoms with Gasteiger partial charge in [-0.15, -0.1) is 0 Å². The number of nitrogens with zero attached hydrogens (tertiary/aromatic N) is 3. The summed E-state index contributed by atoms with van der Waals surface area (Å²) in [6.07, 6.45) is 10.8. The van der Waals surface area contributed by atoms with Gasteiger partial charge in [0.15, 0.2) is 0 Å². The summed E-state index contributed by atoms with van der Waals surface area (Å²) in [7, 11) is 2.04. The van der Waals surface area contributed by atoms with Gasteiger partial charge in [0.05, 0.1) is 6.20 Å². The predicted octanol–water partition coefficient (Wildman–Crippen LogP) is 2.26. The standard InChI is InChI=1S/C15H28N4/c1-3-9-19-13-14(11-17-19)12-18-10-5-4-6-15(18)7-8-16-2/h11,13,15-16H,3-10,12H2,1-2H3. The predicted molar refractivity (Wildman–Crippen MR) is 79.1 cm³/mol. The van der Waals surface area contributed by atoms with E-state index in [1.54, 1.807) is 0 Å². The van der Waals surface area contributed by atoms with Crippen molar-refractivity contribution < 1.29 is 0 Å². The summed E-state index contributed by atoms with van der Waals surface area (Å²) in [5.74, 6) is 0. The normalized spacial score (nSPS) is 20.8. The van der Waals surface area contributed by atoms with E-state index in [9.17, 15) is 0 Å². The van der Waals surface area contributed by atoms with E-state index in [1.807, 2.05) is 13.2 Å².